The van der Waals surface area contributed by atoms with Gasteiger partial charge in [-0.05, 0) is 43.5 Å². The monoisotopic (exact) mass is 330 g/mol. The minimum absolute atomic E-state index is 0.333. The van der Waals surface area contributed by atoms with E-state index in [9.17, 15) is 0 Å². The largest absolute Gasteiger partial charge is 0.316 e. The topological polar surface area (TPSA) is 15.3 Å². The van der Waals surface area contributed by atoms with E-state index >= 15 is 0 Å². The molecule has 4 heteroatoms. The molecule has 0 saturated carbocycles. The number of halogens is 1. The van der Waals surface area contributed by atoms with Crippen LogP contribution in [-0.4, -0.2) is 31.6 Å². The number of hydrogen-bond donors (Lipinski definition) is 1. The Hall–Kier alpha value is -0.0900. The maximum Gasteiger partial charge on any atom is 0.0931 e. The highest BCUT2D eigenvalue weighted by Crippen LogP contribution is 2.26. The average Bonchev–Trinajstić information content (AvgIpc) is 2.73. The molecule has 122 valence electrons. The van der Waals surface area contributed by atoms with Gasteiger partial charge in [0.1, 0.15) is 0 Å². The third-order valence-electron chi connectivity index (χ3n) is 3.66. The lowest BCUT2D eigenvalue weighted by Gasteiger charge is -2.34. The van der Waals surface area contributed by atoms with E-state index in [1.165, 1.54) is 17.7 Å². The zero-order valence-electron chi connectivity index (χ0n) is 14.2. The van der Waals surface area contributed by atoms with Crippen molar-refractivity contribution in [3.8, 4) is 0 Å². The highest BCUT2D eigenvalue weighted by Gasteiger charge is 2.25. The molecule has 0 aliphatic heterocycles. The van der Waals surface area contributed by atoms with Crippen LogP contribution < -0.4 is 5.32 Å². The Morgan fingerprint density at radius 2 is 2.10 bits per heavy atom. The van der Waals surface area contributed by atoms with Crippen LogP contribution in [0.2, 0.25) is 4.34 Å². The summed E-state index contributed by atoms with van der Waals surface area (Å²) >= 11 is 7.70. The Bertz CT molecular complexity index is 405. The van der Waals surface area contributed by atoms with Gasteiger partial charge in [0.2, 0.25) is 0 Å². The van der Waals surface area contributed by atoms with Crippen LogP contribution in [0, 0.1) is 11.3 Å². The van der Waals surface area contributed by atoms with Crippen molar-refractivity contribution >= 4 is 22.9 Å². The number of rotatable bonds is 10. The van der Waals surface area contributed by atoms with Crippen LogP contribution >= 0.6 is 22.9 Å². The van der Waals surface area contributed by atoms with E-state index in [4.69, 9.17) is 11.6 Å². The summed E-state index contributed by atoms with van der Waals surface area (Å²) < 4.78 is 0.883. The third-order valence-corrected chi connectivity index (χ3v) is 4.88. The van der Waals surface area contributed by atoms with Gasteiger partial charge >= 0.3 is 0 Å². The number of nitrogens with one attached hydrogen (secondary N) is 1. The average molecular weight is 331 g/mol. The first-order chi connectivity index (χ1) is 9.84. The molecule has 0 amide bonds. The van der Waals surface area contributed by atoms with E-state index < -0.39 is 0 Å². The molecule has 0 fully saturated rings. The molecule has 1 heterocycles. The molecule has 1 N–H and O–H groups in total. The fraction of sp³-hybridized carbons (Fsp3) is 0.765. The second kappa shape index (κ2) is 9.14. The normalized spacial score (nSPS) is 14.9. The molecule has 0 bridgehead atoms. The van der Waals surface area contributed by atoms with Crippen LogP contribution in [0.1, 0.15) is 45.4 Å². The smallest absolute Gasteiger partial charge is 0.0931 e. The quantitative estimate of drug-likeness (QED) is 0.657. The minimum atomic E-state index is 0.333. The highest BCUT2D eigenvalue weighted by atomic mass is 35.5. The lowest BCUT2D eigenvalue weighted by molar-refractivity contribution is 0.168. The van der Waals surface area contributed by atoms with Gasteiger partial charge in [0, 0.05) is 24.5 Å². The molecule has 1 aromatic rings. The number of nitrogens with zero attached hydrogens (tertiary/aromatic N) is 1. The summed E-state index contributed by atoms with van der Waals surface area (Å²) in [7, 11) is 2.21. The summed E-state index contributed by atoms with van der Waals surface area (Å²) in [6, 6.07) is 4.13. The summed E-state index contributed by atoms with van der Waals surface area (Å²) in [5.41, 5.74) is 0.333. The number of hydrogen-bond acceptors (Lipinski definition) is 3. The molecule has 21 heavy (non-hydrogen) atoms. The molecular weight excluding hydrogens is 300 g/mol. The Morgan fingerprint density at radius 1 is 1.38 bits per heavy atom. The van der Waals surface area contributed by atoms with Gasteiger partial charge in [-0.25, -0.2) is 0 Å². The predicted molar refractivity (Wildman–Crippen MR) is 96.4 cm³/mol. The van der Waals surface area contributed by atoms with Crippen molar-refractivity contribution in [2.75, 3.05) is 26.7 Å². The SMILES string of the molecule is CCCC(C)(CNCC(C)C)CN(C)Cc1ccc(Cl)s1. The Balaban J connectivity index is 2.50. The second-order valence-electron chi connectivity index (χ2n) is 6.96. The molecule has 1 atom stereocenters. The van der Waals surface area contributed by atoms with Gasteiger partial charge in [0.05, 0.1) is 4.34 Å². The molecule has 0 aromatic carbocycles. The van der Waals surface area contributed by atoms with E-state index in [-0.39, 0.29) is 0 Å². The minimum Gasteiger partial charge on any atom is -0.316 e. The Morgan fingerprint density at radius 3 is 2.62 bits per heavy atom. The first-order valence-electron chi connectivity index (χ1n) is 7.98. The number of thiophene rings is 1. The highest BCUT2D eigenvalue weighted by molar-refractivity contribution is 7.16. The fourth-order valence-electron chi connectivity index (χ4n) is 2.90. The molecule has 0 radical (unpaired) electrons. The van der Waals surface area contributed by atoms with Gasteiger partial charge in [-0.1, -0.05) is 45.7 Å². The van der Waals surface area contributed by atoms with Gasteiger partial charge in [0.15, 0.2) is 0 Å². The van der Waals surface area contributed by atoms with Crippen molar-refractivity contribution in [2.45, 2.75) is 47.1 Å². The Kier molecular flexibility index (Phi) is 8.25. The van der Waals surface area contributed by atoms with Gasteiger partial charge < -0.3 is 10.2 Å². The predicted octanol–water partition coefficient (Wildman–Crippen LogP) is 4.89. The fourth-order valence-corrected chi connectivity index (χ4v) is 4.07. The summed E-state index contributed by atoms with van der Waals surface area (Å²) in [5, 5.41) is 3.64. The lowest BCUT2D eigenvalue weighted by Crippen LogP contribution is -2.41. The standard InChI is InChI=1S/C17H31ClN2S/c1-6-9-17(4,12-19-10-14(2)3)13-20(5)11-15-7-8-16(18)21-15/h7-8,14,19H,6,9-13H2,1-5H3. The van der Waals surface area contributed by atoms with Gasteiger partial charge in [-0.15, -0.1) is 11.3 Å². The molecule has 2 nitrogen and oxygen atoms in total. The molecule has 0 saturated heterocycles. The second-order valence-corrected chi connectivity index (χ2v) is 8.76. The van der Waals surface area contributed by atoms with Gasteiger partial charge in [0.25, 0.3) is 0 Å². The first kappa shape index (κ1) is 19.0. The van der Waals surface area contributed by atoms with Crippen LogP contribution in [0.15, 0.2) is 12.1 Å². The van der Waals surface area contributed by atoms with Crippen LogP contribution in [0.25, 0.3) is 0 Å². The summed E-state index contributed by atoms with van der Waals surface area (Å²) in [6.45, 7) is 13.5. The van der Waals surface area contributed by atoms with Crippen LogP contribution in [0.4, 0.5) is 0 Å². The van der Waals surface area contributed by atoms with Gasteiger partial charge in [-0.2, -0.15) is 0 Å². The maximum atomic E-state index is 6.01. The maximum absolute atomic E-state index is 6.01. The zero-order valence-corrected chi connectivity index (χ0v) is 15.8. The molecule has 0 spiro atoms. The molecule has 0 aliphatic rings. The van der Waals surface area contributed by atoms with E-state index in [0.717, 1.165) is 30.5 Å². The molecule has 0 aliphatic carbocycles. The van der Waals surface area contributed by atoms with Crippen LogP contribution in [-0.2, 0) is 6.54 Å². The van der Waals surface area contributed by atoms with Crippen molar-refractivity contribution in [1.82, 2.24) is 10.2 Å². The van der Waals surface area contributed by atoms with Crippen LogP contribution in [0.3, 0.4) is 0 Å². The lowest BCUT2D eigenvalue weighted by atomic mass is 9.84. The summed E-state index contributed by atoms with van der Waals surface area (Å²) in [6.07, 6.45) is 2.49. The summed E-state index contributed by atoms with van der Waals surface area (Å²) in [4.78, 5) is 3.77. The van der Waals surface area contributed by atoms with Gasteiger partial charge in [-0.3, -0.25) is 0 Å². The first-order valence-corrected chi connectivity index (χ1v) is 9.17. The third kappa shape index (κ3) is 7.64. The van der Waals surface area contributed by atoms with E-state index in [1.54, 1.807) is 11.3 Å². The van der Waals surface area contributed by atoms with Crippen molar-refractivity contribution in [3.63, 3.8) is 0 Å². The van der Waals surface area contributed by atoms with Crippen molar-refractivity contribution in [1.29, 1.82) is 0 Å². The van der Waals surface area contributed by atoms with Crippen LogP contribution in [0.5, 0.6) is 0 Å². The molecule has 1 rings (SSSR count). The van der Waals surface area contributed by atoms with E-state index in [0.29, 0.717) is 11.3 Å². The zero-order chi connectivity index (χ0) is 15.9. The molecular formula is C17H31ClN2S. The van der Waals surface area contributed by atoms with Crippen molar-refractivity contribution in [3.05, 3.63) is 21.3 Å². The summed E-state index contributed by atoms with van der Waals surface area (Å²) in [5.74, 6) is 0.710. The molecule has 1 unspecified atom stereocenters. The van der Waals surface area contributed by atoms with E-state index in [1.807, 2.05) is 6.07 Å². The van der Waals surface area contributed by atoms with Crippen molar-refractivity contribution < 1.29 is 0 Å². The molecule has 1 aromatic heterocycles. The Labute approximate surface area is 139 Å². The van der Waals surface area contributed by atoms with E-state index in [2.05, 4.69) is 51.0 Å². The van der Waals surface area contributed by atoms with Crippen molar-refractivity contribution in [2.24, 2.45) is 11.3 Å².